The topological polar surface area (TPSA) is 9.23 Å². The van der Waals surface area contributed by atoms with Crippen molar-refractivity contribution in [1.82, 2.24) is 0 Å². The van der Waals surface area contributed by atoms with Crippen molar-refractivity contribution < 1.29 is 26.7 Å². The molecular formula is C27H15F5O. The molecule has 0 saturated heterocycles. The fourth-order valence-electron chi connectivity index (χ4n) is 4.28. The molecule has 0 aliphatic heterocycles. The van der Waals surface area contributed by atoms with Crippen LogP contribution in [0.25, 0.3) is 43.8 Å². The summed E-state index contributed by atoms with van der Waals surface area (Å²) in [6.45, 7) is 0. The first-order valence-corrected chi connectivity index (χ1v) is 10.0. The number of halogens is 5. The summed E-state index contributed by atoms with van der Waals surface area (Å²) >= 11 is 0. The van der Waals surface area contributed by atoms with Crippen LogP contribution in [0.5, 0.6) is 5.75 Å². The Morgan fingerprint density at radius 2 is 1.12 bits per heavy atom. The third-order valence-corrected chi connectivity index (χ3v) is 5.73. The highest BCUT2D eigenvalue weighted by Gasteiger charge is 2.25. The van der Waals surface area contributed by atoms with Gasteiger partial charge in [0.15, 0.2) is 23.3 Å². The second-order valence-electron chi connectivity index (χ2n) is 7.56. The van der Waals surface area contributed by atoms with Gasteiger partial charge in [0.2, 0.25) is 0 Å². The summed E-state index contributed by atoms with van der Waals surface area (Å²) in [7, 11) is 1.53. The molecule has 0 aliphatic carbocycles. The molecule has 1 nitrogen and oxygen atoms in total. The van der Waals surface area contributed by atoms with E-state index in [1.165, 1.54) is 19.2 Å². The average molecular weight is 450 g/mol. The molecule has 5 aromatic carbocycles. The molecule has 0 heterocycles. The van der Waals surface area contributed by atoms with E-state index in [2.05, 4.69) is 0 Å². The second kappa shape index (κ2) is 7.89. The first-order chi connectivity index (χ1) is 15.9. The molecule has 164 valence electrons. The van der Waals surface area contributed by atoms with Crippen molar-refractivity contribution in [2.45, 2.75) is 0 Å². The van der Waals surface area contributed by atoms with Crippen LogP contribution in [-0.4, -0.2) is 7.11 Å². The molecule has 5 aromatic rings. The molecule has 0 aromatic heterocycles. The Labute approximate surface area is 185 Å². The maximum atomic E-state index is 14.9. The minimum Gasteiger partial charge on any atom is -0.497 e. The highest BCUT2D eigenvalue weighted by Crippen LogP contribution is 2.45. The van der Waals surface area contributed by atoms with Gasteiger partial charge in [0.25, 0.3) is 0 Å². The smallest absolute Gasteiger partial charge is 0.169 e. The van der Waals surface area contributed by atoms with E-state index < -0.39 is 34.6 Å². The van der Waals surface area contributed by atoms with Crippen LogP contribution in [-0.2, 0) is 0 Å². The molecule has 0 amide bonds. The molecule has 0 spiro atoms. The van der Waals surface area contributed by atoms with Gasteiger partial charge in [-0.05, 0) is 56.9 Å². The molecule has 0 unspecified atom stereocenters. The van der Waals surface area contributed by atoms with E-state index in [0.717, 1.165) is 6.07 Å². The van der Waals surface area contributed by atoms with E-state index in [-0.39, 0.29) is 17.0 Å². The van der Waals surface area contributed by atoms with Crippen LogP contribution in [0.3, 0.4) is 0 Å². The van der Waals surface area contributed by atoms with Crippen LogP contribution >= 0.6 is 0 Å². The lowest BCUT2D eigenvalue weighted by Gasteiger charge is -2.19. The Morgan fingerprint density at radius 3 is 1.73 bits per heavy atom. The lowest BCUT2D eigenvalue weighted by atomic mass is 9.85. The molecule has 0 N–H and O–H groups in total. The van der Waals surface area contributed by atoms with Gasteiger partial charge >= 0.3 is 0 Å². The third-order valence-electron chi connectivity index (χ3n) is 5.73. The van der Waals surface area contributed by atoms with E-state index in [9.17, 15) is 22.0 Å². The van der Waals surface area contributed by atoms with Crippen molar-refractivity contribution in [2.24, 2.45) is 0 Å². The lowest BCUT2D eigenvalue weighted by molar-refractivity contribution is 0.415. The van der Waals surface area contributed by atoms with Crippen LogP contribution < -0.4 is 4.74 Å². The van der Waals surface area contributed by atoms with Gasteiger partial charge in [-0.2, -0.15) is 0 Å². The first-order valence-electron chi connectivity index (χ1n) is 10.0. The molecule has 6 heteroatoms. The predicted molar refractivity (Wildman–Crippen MR) is 119 cm³/mol. The summed E-state index contributed by atoms with van der Waals surface area (Å²) in [6, 6.07) is 17.7. The largest absolute Gasteiger partial charge is 0.497 e. The summed E-state index contributed by atoms with van der Waals surface area (Å²) in [4.78, 5) is 0. The number of ether oxygens (including phenoxy) is 1. The van der Waals surface area contributed by atoms with Crippen molar-refractivity contribution in [3.05, 3.63) is 102 Å². The van der Waals surface area contributed by atoms with Crippen molar-refractivity contribution in [3.63, 3.8) is 0 Å². The Balaban J connectivity index is 2.01. The van der Waals surface area contributed by atoms with Crippen LogP contribution in [0.1, 0.15) is 0 Å². The third kappa shape index (κ3) is 3.30. The molecule has 0 aliphatic rings. The zero-order chi connectivity index (χ0) is 23.3. The standard InChI is InChI=1S/C27H15F5O/c1-33-16-9-6-14(7-10-16)23-17-4-2-3-5-18(17)24(19-11-8-15(28)12-20(19)23)25-26(31)21(29)13-22(30)27(25)32/h2-13H,1H3. The molecular weight excluding hydrogens is 435 g/mol. The van der Waals surface area contributed by atoms with E-state index in [1.807, 2.05) is 0 Å². The summed E-state index contributed by atoms with van der Waals surface area (Å²) in [5.41, 5.74) is 0.442. The van der Waals surface area contributed by atoms with Crippen LogP contribution in [0.4, 0.5) is 22.0 Å². The van der Waals surface area contributed by atoms with Gasteiger partial charge in [0.05, 0.1) is 12.7 Å². The van der Waals surface area contributed by atoms with Crippen LogP contribution in [0.15, 0.2) is 72.8 Å². The fraction of sp³-hybridized carbons (Fsp3) is 0.0370. The van der Waals surface area contributed by atoms with Gasteiger partial charge in [-0.25, -0.2) is 22.0 Å². The number of benzene rings is 5. The highest BCUT2D eigenvalue weighted by molar-refractivity contribution is 6.21. The summed E-state index contributed by atoms with van der Waals surface area (Å²) in [5.74, 6) is -5.99. The van der Waals surface area contributed by atoms with Gasteiger partial charge in [-0.3, -0.25) is 0 Å². The molecule has 0 bridgehead atoms. The minimum atomic E-state index is -1.51. The minimum absolute atomic E-state index is 0.0498. The number of rotatable bonds is 3. The maximum Gasteiger partial charge on any atom is 0.169 e. The number of hydrogen-bond donors (Lipinski definition) is 0. The molecule has 5 rings (SSSR count). The average Bonchev–Trinajstić information content (AvgIpc) is 2.82. The SMILES string of the molecule is COc1ccc(-c2c3ccccc3c(-c3c(F)c(F)cc(F)c3F)c3ccc(F)cc23)cc1. The van der Waals surface area contributed by atoms with Crippen molar-refractivity contribution >= 4 is 21.5 Å². The number of methoxy groups -OCH3 is 1. The summed E-state index contributed by atoms with van der Waals surface area (Å²) < 4.78 is 77.7. The van der Waals surface area contributed by atoms with Gasteiger partial charge in [-0.1, -0.05) is 42.5 Å². The van der Waals surface area contributed by atoms with Crippen LogP contribution in [0, 0.1) is 29.1 Å². The molecule has 33 heavy (non-hydrogen) atoms. The van der Waals surface area contributed by atoms with Crippen LogP contribution in [0.2, 0.25) is 0 Å². The maximum absolute atomic E-state index is 14.9. The Hall–Kier alpha value is -3.93. The normalized spacial score (nSPS) is 11.3. The fourth-order valence-corrected chi connectivity index (χ4v) is 4.28. The lowest BCUT2D eigenvalue weighted by Crippen LogP contribution is -2.01. The van der Waals surface area contributed by atoms with E-state index in [4.69, 9.17) is 4.74 Å². The van der Waals surface area contributed by atoms with Gasteiger partial charge in [0.1, 0.15) is 11.6 Å². The highest BCUT2D eigenvalue weighted by atomic mass is 19.2. The first kappa shape index (κ1) is 20.9. The Morgan fingerprint density at radius 1 is 0.545 bits per heavy atom. The molecule has 0 radical (unpaired) electrons. The second-order valence-corrected chi connectivity index (χ2v) is 7.56. The number of hydrogen-bond acceptors (Lipinski definition) is 1. The molecule has 0 saturated carbocycles. The Kier molecular flexibility index (Phi) is 5.01. The summed E-state index contributed by atoms with van der Waals surface area (Å²) in [6.07, 6.45) is 0. The molecule has 0 fully saturated rings. The van der Waals surface area contributed by atoms with Crippen molar-refractivity contribution in [3.8, 4) is 28.0 Å². The van der Waals surface area contributed by atoms with E-state index in [0.29, 0.717) is 33.0 Å². The summed E-state index contributed by atoms with van der Waals surface area (Å²) in [5, 5.41) is 1.51. The predicted octanol–water partition coefficient (Wildman–Crippen LogP) is 8.03. The molecule has 0 atom stereocenters. The van der Waals surface area contributed by atoms with Crippen molar-refractivity contribution in [2.75, 3.05) is 7.11 Å². The monoisotopic (exact) mass is 450 g/mol. The van der Waals surface area contributed by atoms with Crippen molar-refractivity contribution in [1.29, 1.82) is 0 Å². The zero-order valence-corrected chi connectivity index (χ0v) is 17.2. The van der Waals surface area contributed by atoms with Gasteiger partial charge in [-0.15, -0.1) is 0 Å². The Bertz CT molecular complexity index is 1520. The quantitative estimate of drug-likeness (QED) is 0.154. The van der Waals surface area contributed by atoms with Gasteiger partial charge < -0.3 is 4.74 Å². The van der Waals surface area contributed by atoms with E-state index in [1.54, 1.807) is 48.5 Å². The van der Waals surface area contributed by atoms with Gasteiger partial charge in [0, 0.05) is 11.6 Å². The zero-order valence-electron chi connectivity index (χ0n) is 17.2. The number of fused-ring (bicyclic) bond motifs is 2. The van der Waals surface area contributed by atoms with E-state index >= 15 is 0 Å².